The van der Waals surface area contributed by atoms with Gasteiger partial charge in [0.05, 0.1) is 20.3 Å². The minimum absolute atomic E-state index is 0.193. The Labute approximate surface area is 203 Å². The van der Waals surface area contributed by atoms with Crippen LogP contribution in [-0.4, -0.2) is 31.0 Å². The highest BCUT2D eigenvalue weighted by atomic mass is 32.1. The van der Waals surface area contributed by atoms with Crippen LogP contribution in [0.25, 0.3) is 0 Å². The number of amides is 1. The fraction of sp³-hybridized carbons (Fsp3) is 0.231. The zero-order chi connectivity index (χ0) is 23.9. The molecular weight excluding hydrogens is 450 g/mol. The Kier molecular flexibility index (Phi) is 5.53. The van der Waals surface area contributed by atoms with E-state index < -0.39 is 17.7 Å². The van der Waals surface area contributed by atoms with Crippen LogP contribution in [0.4, 0.5) is 11.4 Å². The first-order valence-electron chi connectivity index (χ1n) is 10.9. The summed E-state index contributed by atoms with van der Waals surface area (Å²) in [5, 5.41) is 6.94. The van der Waals surface area contributed by atoms with Gasteiger partial charge in [-0.15, -0.1) is 0 Å². The van der Waals surface area contributed by atoms with E-state index in [1.165, 1.54) is 0 Å². The van der Waals surface area contributed by atoms with Gasteiger partial charge in [0.1, 0.15) is 23.2 Å². The van der Waals surface area contributed by atoms with E-state index in [-0.39, 0.29) is 5.91 Å². The molecule has 0 saturated carbocycles. The number of nitrogens with one attached hydrogen (secondary N) is 2. The molecule has 3 aromatic rings. The molecular formula is C26H25N3O4S. The molecule has 2 aliphatic heterocycles. The predicted molar refractivity (Wildman–Crippen MR) is 135 cm³/mol. The molecule has 0 spiro atoms. The van der Waals surface area contributed by atoms with Crippen molar-refractivity contribution in [3.8, 4) is 17.2 Å². The number of carbonyl (C=O) groups is 1. The number of rotatable bonds is 5. The van der Waals surface area contributed by atoms with Crippen LogP contribution in [0.2, 0.25) is 0 Å². The molecule has 2 bridgehead atoms. The first kappa shape index (κ1) is 22.0. The molecule has 7 nitrogen and oxygen atoms in total. The Morgan fingerprint density at radius 3 is 2.38 bits per heavy atom. The Morgan fingerprint density at radius 2 is 1.71 bits per heavy atom. The SMILES string of the molecule is COc1ccc(NC(=O)C2C3NC(=S)N(c4ccccc4)C2(C)Oc2ccc(OC)cc23)cc1. The van der Waals surface area contributed by atoms with Crippen LogP contribution < -0.4 is 29.7 Å². The van der Waals surface area contributed by atoms with Crippen LogP contribution in [0, 0.1) is 5.92 Å². The molecule has 0 radical (unpaired) electrons. The maximum absolute atomic E-state index is 13.8. The van der Waals surface area contributed by atoms with Gasteiger partial charge < -0.3 is 24.8 Å². The van der Waals surface area contributed by atoms with Crippen molar-refractivity contribution in [1.82, 2.24) is 5.32 Å². The Morgan fingerprint density at radius 1 is 1.03 bits per heavy atom. The molecule has 2 aliphatic rings. The third-order valence-electron chi connectivity index (χ3n) is 6.36. The number of ether oxygens (including phenoxy) is 3. The molecule has 2 heterocycles. The summed E-state index contributed by atoms with van der Waals surface area (Å²) in [5.74, 6) is 1.24. The average molecular weight is 476 g/mol. The normalized spacial score (nSPS) is 22.7. The number of anilines is 2. The van der Waals surface area contributed by atoms with Gasteiger partial charge in [-0.05, 0) is 73.7 Å². The lowest BCUT2D eigenvalue weighted by atomic mass is 9.78. The average Bonchev–Trinajstić information content (AvgIpc) is 2.84. The van der Waals surface area contributed by atoms with Crippen molar-refractivity contribution >= 4 is 34.6 Å². The molecule has 1 fully saturated rings. The van der Waals surface area contributed by atoms with E-state index in [2.05, 4.69) is 10.6 Å². The van der Waals surface area contributed by atoms with Crippen LogP contribution in [0.3, 0.4) is 0 Å². The van der Waals surface area contributed by atoms with Crippen LogP contribution in [0.1, 0.15) is 18.5 Å². The first-order valence-corrected chi connectivity index (χ1v) is 11.3. The number of methoxy groups -OCH3 is 2. The Balaban J connectivity index is 1.59. The number of hydrogen-bond acceptors (Lipinski definition) is 5. The number of thiocarbonyl (C=S) groups is 1. The number of carbonyl (C=O) groups excluding carboxylic acids is 1. The summed E-state index contributed by atoms with van der Waals surface area (Å²) >= 11 is 5.78. The zero-order valence-electron chi connectivity index (χ0n) is 19.1. The number of fused-ring (bicyclic) bond motifs is 4. The van der Waals surface area contributed by atoms with Crippen LogP contribution in [-0.2, 0) is 4.79 Å². The maximum atomic E-state index is 13.8. The van der Waals surface area contributed by atoms with Gasteiger partial charge in [0, 0.05) is 16.9 Å². The zero-order valence-corrected chi connectivity index (χ0v) is 19.9. The fourth-order valence-electron chi connectivity index (χ4n) is 4.75. The van der Waals surface area contributed by atoms with Gasteiger partial charge in [-0.1, -0.05) is 18.2 Å². The molecule has 3 unspecified atom stereocenters. The Bertz CT molecular complexity index is 1230. The van der Waals surface area contributed by atoms with Crippen molar-refractivity contribution in [3.63, 3.8) is 0 Å². The summed E-state index contributed by atoms with van der Waals surface area (Å²) in [5.41, 5.74) is 1.24. The highest BCUT2D eigenvalue weighted by Gasteiger charge is 2.59. The summed E-state index contributed by atoms with van der Waals surface area (Å²) in [6.45, 7) is 1.91. The van der Waals surface area contributed by atoms with Gasteiger partial charge in [-0.3, -0.25) is 9.69 Å². The van der Waals surface area contributed by atoms with Crippen molar-refractivity contribution in [1.29, 1.82) is 0 Å². The summed E-state index contributed by atoms with van der Waals surface area (Å²) in [4.78, 5) is 15.7. The third-order valence-corrected chi connectivity index (χ3v) is 6.66. The van der Waals surface area contributed by atoms with Gasteiger partial charge in [-0.2, -0.15) is 0 Å². The summed E-state index contributed by atoms with van der Waals surface area (Å²) < 4.78 is 17.3. The second kappa shape index (κ2) is 8.53. The maximum Gasteiger partial charge on any atom is 0.236 e. The highest BCUT2D eigenvalue weighted by molar-refractivity contribution is 7.80. The van der Waals surface area contributed by atoms with Gasteiger partial charge in [0.25, 0.3) is 0 Å². The minimum atomic E-state index is -1.08. The molecule has 0 aliphatic carbocycles. The van der Waals surface area contributed by atoms with E-state index in [9.17, 15) is 4.79 Å². The van der Waals surface area contributed by atoms with Gasteiger partial charge >= 0.3 is 0 Å². The topological polar surface area (TPSA) is 72.1 Å². The molecule has 8 heteroatoms. The van der Waals surface area contributed by atoms with Crippen molar-refractivity contribution in [3.05, 3.63) is 78.4 Å². The van der Waals surface area contributed by atoms with Gasteiger partial charge in [-0.25, -0.2) is 0 Å². The van der Waals surface area contributed by atoms with E-state index in [4.69, 9.17) is 26.4 Å². The molecule has 1 amide bonds. The first-order chi connectivity index (χ1) is 16.4. The van der Waals surface area contributed by atoms with Gasteiger partial charge in [0.2, 0.25) is 5.91 Å². The highest BCUT2D eigenvalue weighted by Crippen LogP contribution is 2.50. The van der Waals surface area contributed by atoms with Crippen molar-refractivity contribution in [2.24, 2.45) is 5.92 Å². The molecule has 2 N–H and O–H groups in total. The van der Waals surface area contributed by atoms with E-state index in [0.717, 1.165) is 11.3 Å². The predicted octanol–water partition coefficient (Wildman–Crippen LogP) is 4.50. The van der Waals surface area contributed by atoms with E-state index >= 15 is 0 Å². The molecule has 34 heavy (non-hydrogen) atoms. The minimum Gasteiger partial charge on any atom is -0.497 e. The second-order valence-corrected chi connectivity index (χ2v) is 8.74. The molecule has 1 saturated heterocycles. The summed E-state index contributed by atoms with van der Waals surface area (Å²) in [6.07, 6.45) is 0. The molecule has 174 valence electrons. The monoisotopic (exact) mass is 475 g/mol. The summed E-state index contributed by atoms with van der Waals surface area (Å²) in [6, 6.07) is 22.1. The van der Waals surface area contributed by atoms with E-state index in [1.54, 1.807) is 26.4 Å². The largest absolute Gasteiger partial charge is 0.497 e. The van der Waals surface area contributed by atoms with E-state index in [0.29, 0.717) is 28.0 Å². The summed E-state index contributed by atoms with van der Waals surface area (Å²) in [7, 11) is 3.22. The molecule has 0 aromatic heterocycles. The smallest absolute Gasteiger partial charge is 0.236 e. The molecule has 5 rings (SSSR count). The third kappa shape index (κ3) is 3.60. The number of benzene rings is 3. The molecule has 3 aromatic carbocycles. The Hall–Kier alpha value is -3.78. The van der Waals surface area contributed by atoms with Crippen LogP contribution >= 0.6 is 12.2 Å². The van der Waals surface area contributed by atoms with Crippen LogP contribution in [0.5, 0.6) is 17.2 Å². The fourth-order valence-corrected chi connectivity index (χ4v) is 5.16. The van der Waals surface area contributed by atoms with Crippen molar-refractivity contribution < 1.29 is 19.0 Å². The molecule has 3 atom stereocenters. The quantitative estimate of drug-likeness (QED) is 0.527. The van der Waals surface area contributed by atoms with Crippen molar-refractivity contribution in [2.45, 2.75) is 18.7 Å². The lowest BCUT2D eigenvalue weighted by Crippen LogP contribution is -2.72. The van der Waals surface area contributed by atoms with E-state index in [1.807, 2.05) is 72.5 Å². The lowest BCUT2D eigenvalue weighted by Gasteiger charge is -2.56. The lowest BCUT2D eigenvalue weighted by molar-refractivity contribution is -0.130. The number of para-hydroxylation sites is 1. The number of hydrogen-bond donors (Lipinski definition) is 2. The second-order valence-electron chi connectivity index (χ2n) is 8.35. The van der Waals surface area contributed by atoms with Crippen LogP contribution in [0.15, 0.2) is 72.8 Å². The standard InChI is InChI=1S/C26H25N3O4S/c1-26-22(24(30)27-16-9-11-18(31-2)12-10-16)23(20-15-19(32-3)13-14-21(20)33-26)28-25(34)29(26)17-7-5-4-6-8-17/h4-15,22-23H,1-3H3,(H,27,30)(H,28,34). The number of nitrogens with zero attached hydrogens (tertiary/aromatic N) is 1. The van der Waals surface area contributed by atoms with Crippen molar-refractivity contribution in [2.75, 3.05) is 24.4 Å². The van der Waals surface area contributed by atoms with Gasteiger partial charge in [0.15, 0.2) is 10.8 Å².